The van der Waals surface area contributed by atoms with Crippen LogP contribution in [0, 0.1) is 0 Å². The van der Waals surface area contributed by atoms with Crippen LogP contribution in [-0.2, 0) is 4.74 Å². The number of hydrogen-bond donors (Lipinski definition) is 1. The summed E-state index contributed by atoms with van der Waals surface area (Å²) in [4.78, 5) is 0. The van der Waals surface area contributed by atoms with Gasteiger partial charge in [-0.15, -0.1) is 0 Å². The highest BCUT2D eigenvalue weighted by molar-refractivity contribution is 4.85. The Kier molecular flexibility index (Phi) is 2.90. The van der Waals surface area contributed by atoms with Crippen molar-refractivity contribution in [1.29, 1.82) is 0 Å². The van der Waals surface area contributed by atoms with Gasteiger partial charge in [-0.2, -0.15) is 0 Å². The van der Waals surface area contributed by atoms with Crippen LogP contribution in [0.1, 0.15) is 40.0 Å². The molecule has 1 rings (SSSR count). The quantitative estimate of drug-likeness (QED) is 0.675. The predicted molar refractivity (Wildman–Crippen MR) is 46.5 cm³/mol. The third kappa shape index (κ3) is 1.74. The van der Waals surface area contributed by atoms with E-state index >= 15 is 0 Å². The maximum Gasteiger partial charge on any atom is 0.119 e. The molecular weight excluding hydrogens is 138 g/mol. The lowest BCUT2D eigenvalue weighted by Crippen LogP contribution is -2.42. The van der Waals surface area contributed by atoms with Gasteiger partial charge >= 0.3 is 0 Å². The van der Waals surface area contributed by atoms with E-state index in [4.69, 9.17) is 4.74 Å². The van der Waals surface area contributed by atoms with Gasteiger partial charge in [0.1, 0.15) is 5.72 Å². The minimum absolute atomic E-state index is 0.000671. The molecule has 2 heteroatoms. The van der Waals surface area contributed by atoms with E-state index in [0.717, 1.165) is 19.4 Å². The van der Waals surface area contributed by atoms with E-state index in [1.807, 2.05) is 0 Å². The highest BCUT2D eigenvalue weighted by Gasteiger charge is 2.35. The molecule has 0 radical (unpaired) electrons. The van der Waals surface area contributed by atoms with Crippen molar-refractivity contribution < 1.29 is 4.74 Å². The van der Waals surface area contributed by atoms with Crippen LogP contribution in [0.15, 0.2) is 0 Å². The largest absolute Gasteiger partial charge is 0.359 e. The summed E-state index contributed by atoms with van der Waals surface area (Å²) in [5.41, 5.74) is 0.000671. The SMILES string of the molecule is CC[C@H]1COC(CC)(CC)N1. The average Bonchev–Trinajstić information content (AvgIpc) is 2.49. The smallest absolute Gasteiger partial charge is 0.119 e. The van der Waals surface area contributed by atoms with Crippen molar-refractivity contribution in [2.75, 3.05) is 6.61 Å². The lowest BCUT2D eigenvalue weighted by Gasteiger charge is -2.26. The van der Waals surface area contributed by atoms with Gasteiger partial charge < -0.3 is 4.74 Å². The zero-order chi connectivity index (χ0) is 8.32. The highest BCUT2D eigenvalue weighted by atomic mass is 16.5. The van der Waals surface area contributed by atoms with E-state index in [9.17, 15) is 0 Å². The predicted octanol–water partition coefficient (Wildman–Crippen LogP) is 1.90. The average molecular weight is 157 g/mol. The molecule has 0 aliphatic carbocycles. The molecule has 11 heavy (non-hydrogen) atoms. The molecule has 0 amide bonds. The molecule has 0 saturated carbocycles. The molecule has 1 heterocycles. The molecule has 0 bridgehead atoms. The Balaban J connectivity index is 2.48. The monoisotopic (exact) mass is 157 g/mol. The van der Waals surface area contributed by atoms with Crippen LogP contribution in [-0.4, -0.2) is 18.4 Å². The van der Waals surface area contributed by atoms with Gasteiger partial charge in [-0.05, 0) is 19.3 Å². The van der Waals surface area contributed by atoms with E-state index < -0.39 is 0 Å². The molecule has 66 valence electrons. The van der Waals surface area contributed by atoms with Crippen LogP contribution in [0.5, 0.6) is 0 Å². The molecule has 0 aromatic heterocycles. The maximum atomic E-state index is 5.73. The Morgan fingerprint density at radius 1 is 1.36 bits per heavy atom. The molecule has 2 nitrogen and oxygen atoms in total. The van der Waals surface area contributed by atoms with Gasteiger partial charge in [-0.1, -0.05) is 20.8 Å². The van der Waals surface area contributed by atoms with Crippen LogP contribution in [0.2, 0.25) is 0 Å². The minimum atomic E-state index is 0.000671. The number of rotatable bonds is 3. The van der Waals surface area contributed by atoms with E-state index in [-0.39, 0.29) is 5.72 Å². The summed E-state index contributed by atoms with van der Waals surface area (Å²) in [7, 11) is 0. The highest BCUT2D eigenvalue weighted by Crippen LogP contribution is 2.24. The first-order valence-corrected chi connectivity index (χ1v) is 4.68. The first kappa shape index (κ1) is 9.01. The fourth-order valence-corrected chi connectivity index (χ4v) is 1.59. The van der Waals surface area contributed by atoms with Crippen LogP contribution in [0.3, 0.4) is 0 Å². The Morgan fingerprint density at radius 3 is 2.27 bits per heavy atom. The summed E-state index contributed by atoms with van der Waals surface area (Å²) in [6, 6.07) is 0.579. The second kappa shape index (κ2) is 3.55. The lowest BCUT2D eigenvalue weighted by atomic mass is 10.1. The maximum absolute atomic E-state index is 5.73. The van der Waals surface area contributed by atoms with Crippen LogP contribution >= 0.6 is 0 Å². The van der Waals surface area contributed by atoms with E-state index in [1.165, 1.54) is 6.42 Å². The van der Waals surface area contributed by atoms with Crippen molar-refractivity contribution in [1.82, 2.24) is 5.32 Å². The molecule has 1 fully saturated rings. The summed E-state index contributed by atoms with van der Waals surface area (Å²) in [5.74, 6) is 0. The van der Waals surface area contributed by atoms with Gasteiger partial charge in [-0.25, -0.2) is 0 Å². The third-order valence-electron chi connectivity index (χ3n) is 2.66. The number of hydrogen-bond acceptors (Lipinski definition) is 2. The molecule has 1 aliphatic rings. The van der Waals surface area contributed by atoms with Gasteiger partial charge in [0.15, 0.2) is 0 Å². The number of nitrogens with one attached hydrogen (secondary N) is 1. The molecule has 0 aromatic carbocycles. The standard InChI is InChI=1S/C9H19NO/c1-4-8-7-11-9(5-2,6-3)10-8/h8,10H,4-7H2,1-3H3/t8-/m0/s1. The molecule has 1 aliphatic heterocycles. The first-order chi connectivity index (χ1) is 5.26. The molecular formula is C9H19NO. The summed E-state index contributed by atoms with van der Waals surface area (Å²) in [6.07, 6.45) is 3.31. The molecule has 1 saturated heterocycles. The van der Waals surface area contributed by atoms with E-state index in [2.05, 4.69) is 26.1 Å². The summed E-state index contributed by atoms with van der Waals surface area (Å²) in [5, 5.41) is 3.53. The fourth-order valence-electron chi connectivity index (χ4n) is 1.59. The second-order valence-electron chi connectivity index (χ2n) is 3.26. The van der Waals surface area contributed by atoms with Crippen molar-refractivity contribution in [2.45, 2.75) is 51.8 Å². The Hall–Kier alpha value is -0.0800. The van der Waals surface area contributed by atoms with Crippen molar-refractivity contribution >= 4 is 0 Å². The third-order valence-corrected chi connectivity index (χ3v) is 2.66. The van der Waals surface area contributed by atoms with Gasteiger partial charge in [-0.3, -0.25) is 5.32 Å². The molecule has 0 unspecified atom stereocenters. The molecule has 0 spiro atoms. The second-order valence-corrected chi connectivity index (χ2v) is 3.26. The molecule has 1 N–H and O–H groups in total. The van der Waals surface area contributed by atoms with Crippen molar-refractivity contribution in [2.24, 2.45) is 0 Å². The normalized spacial score (nSPS) is 29.2. The molecule has 0 aromatic rings. The summed E-state index contributed by atoms with van der Waals surface area (Å²) < 4.78 is 5.73. The van der Waals surface area contributed by atoms with Gasteiger partial charge in [0.05, 0.1) is 6.61 Å². The Labute approximate surface area is 69.3 Å². The first-order valence-electron chi connectivity index (χ1n) is 4.68. The zero-order valence-electron chi connectivity index (χ0n) is 7.81. The summed E-state index contributed by atoms with van der Waals surface area (Å²) >= 11 is 0. The van der Waals surface area contributed by atoms with Crippen LogP contribution < -0.4 is 5.32 Å². The fraction of sp³-hybridized carbons (Fsp3) is 1.00. The van der Waals surface area contributed by atoms with Crippen molar-refractivity contribution in [3.05, 3.63) is 0 Å². The van der Waals surface area contributed by atoms with Crippen LogP contribution in [0.4, 0.5) is 0 Å². The minimum Gasteiger partial charge on any atom is -0.359 e. The zero-order valence-corrected chi connectivity index (χ0v) is 7.81. The summed E-state index contributed by atoms with van der Waals surface area (Å²) in [6.45, 7) is 7.43. The van der Waals surface area contributed by atoms with E-state index in [1.54, 1.807) is 0 Å². The number of ether oxygens (including phenoxy) is 1. The lowest BCUT2D eigenvalue weighted by molar-refractivity contribution is -0.0161. The Bertz CT molecular complexity index is 121. The Morgan fingerprint density at radius 2 is 2.00 bits per heavy atom. The van der Waals surface area contributed by atoms with Gasteiger partial charge in [0.25, 0.3) is 0 Å². The van der Waals surface area contributed by atoms with Gasteiger partial charge in [0.2, 0.25) is 0 Å². The van der Waals surface area contributed by atoms with Crippen molar-refractivity contribution in [3.63, 3.8) is 0 Å². The van der Waals surface area contributed by atoms with Crippen molar-refractivity contribution in [3.8, 4) is 0 Å². The molecule has 1 atom stereocenters. The van der Waals surface area contributed by atoms with E-state index in [0.29, 0.717) is 6.04 Å². The van der Waals surface area contributed by atoms with Crippen LogP contribution in [0.25, 0.3) is 0 Å². The topological polar surface area (TPSA) is 21.3 Å². The van der Waals surface area contributed by atoms with Gasteiger partial charge in [0, 0.05) is 6.04 Å².